The van der Waals surface area contributed by atoms with Crippen LogP contribution in [0.15, 0.2) is 66.9 Å². The van der Waals surface area contributed by atoms with Crippen LogP contribution in [0.2, 0.25) is 0 Å². The monoisotopic (exact) mass is 608 g/mol. The first kappa shape index (κ1) is 30.1. The zero-order chi connectivity index (χ0) is 30.2. The van der Waals surface area contributed by atoms with E-state index in [4.69, 9.17) is 31.2 Å². The van der Waals surface area contributed by atoms with Crippen molar-refractivity contribution >= 4 is 39.8 Å². The summed E-state index contributed by atoms with van der Waals surface area (Å²) in [5, 5.41) is 5.78. The number of nitrogens with one attached hydrogen (secondary N) is 2. The Bertz CT molecular complexity index is 1620. The Kier molecular flexibility index (Phi) is 9.92. The fourth-order valence-corrected chi connectivity index (χ4v) is 4.76. The molecule has 0 atom stereocenters. The maximum atomic E-state index is 15.1. The van der Waals surface area contributed by atoms with Gasteiger partial charge in [0.1, 0.15) is 18.2 Å². The van der Waals surface area contributed by atoms with Gasteiger partial charge in [0.2, 0.25) is 5.91 Å². The fraction of sp³-hybridized carbons (Fsp3) is 0.258. The van der Waals surface area contributed by atoms with Gasteiger partial charge >= 0.3 is 0 Å². The molecule has 5 rings (SSSR count). The van der Waals surface area contributed by atoms with Gasteiger partial charge in [-0.2, -0.15) is 0 Å². The van der Waals surface area contributed by atoms with Crippen LogP contribution in [-0.2, 0) is 16.0 Å². The number of hydrogen-bond donors (Lipinski definition) is 2. The average molecular weight is 609 g/mol. The third-order valence-electron chi connectivity index (χ3n) is 6.73. The van der Waals surface area contributed by atoms with Crippen molar-refractivity contribution in [3.05, 3.63) is 84.1 Å². The van der Waals surface area contributed by atoms with E-state index in [-0.39, 0.29) is 22.8 Å². The summed E-state index contributed by atoms with van der Waals surface area (Å²) in [7, 11) is 1.55. The lowest BCUT2D eigenvalue weighted by molar-refractivity contribution is -0.119. The first-order chi connectivity index (χ1) is 20.9. The van der Waals surface area contributed by atoms with E-state index in [2.05, 4.69) is 20.5 Å². The molecule has 12 heteroatoms. The smallest absolute Gasteiger partial charge is 0.230 e. The van der Waals surface area contributed by atoms with Gasteiger partial charge in [0.15, 0.2) is 28.2 Å². The summed E-state index contributed by atoms with van der Waals surface area (Å²) in [5.41, 5.74) is 1.13. The minimum Gasteiger partial charge on any atom is -0.493 e. The van der Waals surface area contributed by atoms with Crippen molar-refractivity contribution in [2.24, 2.45) is 0 Å². The van der Waals surface area contributed by atoms with Crippen molar-refractivity contribution in [2.75, 3.05) is 51.9 Å². The van der Waals surface area contributed by atoms with Crippen molar-refractivity contribution < 1.29 is 32.5 Å². The Labute approximate surface area is 252 Å². The Balaban J connectivity index is 1.22. The van der Waals surface area contributed by atoms with Gasteiger partial charge < -0.3 is 29.6 Å². The van der Waals surface area contributed by atoms with Crippen LogP contribution in [0, 0.1) is 11.6 Å². The van der Waals surface area contributed by atoms with Crippen LogP contribution >= 0.6 is 12.2 Å². The minimum atomic E-state index is -0.662. The van der Waals surface area contributed by atoms with Crippen molar-refractivity contribution in [1.82, 2.24) is 15.2 Å². The van der Waals surface area contributed by atoms with Crippen LogP contribution in [0.25, 0.3) is 10.9 Å². The Morgan fingerprint density at radius 2 is 1.81 bits per heavy atom. The molecule has 2 heterocycles. The zero-order valence-electron chi connectivity index (χ0n) is 23.4. The van der Waals surface area contributed by atoms with Gasteiger partial charge in [0.05, 0.1) is 32.3 Å². The van der Waals surface area contributed by atoms with Crippen molar-refractivity contribution in [3.8, 4) is 23.0 Å². The van der Waals surface area contributed by atoms with Crippen LogP contribution < -0.4 is 24.8 Å². The number of fused-ring (bicyclic) bond motifs is 1. The van der Waals surface area contributed by atoms with Crippen LogP contribution in [0.4, 0.5) is 14.5 Å². The molecule has 1 aliphatic heterocycles. The predicted octanol–water partition coefficient (Wildman–Crippen LogP) is 5.08. The molecule has 2 N–H and O–H groups in total. The zero-order valence-corrected chi connectivity index (χ0v) is 24.2. The maximum Gasteiger partial charge on any atom is 0.230 e. The van der Waals surface area contributed by atoms with E-state index in [1.165, 1.54) is 24.3 Å². The molecule has 1 saturated heterocycles. The number of aromatic nitrogens is 1. The molecule has 0 unspecified atom stereocenters. The molecule has 1 fully saturated rings. The molecule has 0 aliphatic carbocycles. The summed E-state index contributed by atoms with van der Waals surface area (Å²) in [6.45, 7) is 4.41. The second kappa shape index (κ2) is 14.2. The van der Waals surface area contributed by atoms with E-state index in [0.29, 0.717) is 40.4 Å². The Hall–Kier alpha value is -4.39. The highest BCUT2D eigenvalue weighted by Gasteiger charge is 2.16. The number of anilines is 1. The third-order valence-corrected chi connectivity index (χ3v) is 6.93. The molecular weight excluding hydrogens is 578 g/mol. The van der Waals surface area contributed by atoms with Crippen LogP contribution in [0.5, 0.6) is 23.0 Å². The number of amides is 1. The first-order valence-electron chi connectivity index (χ1n) is 13.6. The van der Waals surface area contributed by atoms with Gasteiger partial charge in [-0.25, -0.2) is 8.78 Å². The highest BCUT2D eigenvalue weighted by Crippen LogP contribution is 2.37. The number of pyridine rings is 1. The van der Waals surface area contributed by atoms with E-state index in [0.717, 1.165) is 32.8 Å². The van der Waals surface area contributed by atoms with E-state index >= 15 is 4.39 Å². The molecule has 1 aliphatic rings. The molecule has 1 amide bonds. The quantitative estimate of drug-likeness (QED) is 0.239. The molecule has 4 aromatic rings. The van der Waals surface area contributed by atoms with Crippen molar-refractivity contribution in [3.63, 3.8) is 0 Å². The maximum absolute atomic E-state index is 15.1. The predicted molar refractivity (Wildman–Crippen MR) is 162 cm³/mol. The number of ether oxygens (including phenoxy) is 4. The topological polar surface area (TPSA) is 94.2 Å². The first-order valence-corrected chi connectivity index (χ1v) is 14.0. The summed E-state index contributed by atoms with van der Waals surface area (Å²) < 4.78 is 51.8. The molecule has 0 bridgehead atoms. The van der Waals surface area contributed by atoms with Crippen molar-refractivity contribution in [2.45, 2.75) is 6.42 Å². The molecule has 224 valence electrons. The summed E-state index contributed by atoms with van der Waals surface area (Å²) >= 11 is 5.16. The number of benzene rings is 3. The van der Waals surface area contributed by atoms with Crippen LogP contribution in [0.3, 0.4) is 0 Å². The average Bonchev–Trinajstić information content (AvgIpc) is 3.00. The van der Waals surface area contributed by atoms with Crippen LogP contribution in [0.1, 0.15) is 5.56 Å². The number of thiocarbonyl (C=S) groups is 1. The Morgan fingerprint density at radius 3 is 2.58 bits per heavy atom. The number of rotatable bonds is 10. The number of hydrogen-bond acceptors (Lipinski definition) is 8. The number of halogens is 2. The normalized spacial score (nSPS) is 13.4. The van der Waals surface area contributed by atoms with Gasteiger partial charge in [0.25, 0.3) is 0 Å². The summed E-state index contributed by atoms with van der Waals surface area (Å²) in [6.07, 6.45) is 1.38. The standard InChI is InChI=1S/C31H30F2N4O5S/c1-39-28-18-22-25(19-29(28)41-15-12-37-10-13-40-14-11-37)34-9-8-26(22)42-27-7-6-21(17-24(27)33)35-31(43)36-30(38)16-20-4-2-3-5-23(20)32/h2-9,17-19H,10-16H2,1H3,(H2,35,36,38,43). The molecular formula is C31H30F2N4O5S. The summed E-state index contributed by atoms with van der Waals surface area (Å²) in [4.78, 5) is 19.0. The molecule has 0 spiro atoms. The van der Waals surface area contributed by atoms with E-state index in [1.807, 2.05) is 0 Å². The van der Waals surface area contributed by atoms with Crippen LogP contribution in [-0.4, -0.2) is 67.5 Å². The lowest BCUT2D eigenvalue weighted by Crippen LogP contribution is -2.38. The highest BCUT2D eigenvalue weighted by atomic mass is 32.1. The highest BCUT2D eigenvalue weighted by molar-refractivity contribution is 7.80. The molecule has 0 radical (unpaired) electrons. The van der Waals surface area contributed by atoms with Gasteiger partial charge in [-0.1, -0.05) is 18.2 Å². The SMILES string of the molecule is COc1cc2c(Oc3ccc(NC(=S)NC(=O)Cc4ccccc4F)cc3F)ccnc2cc1OCCN1CCOCC1. The number of carbonyl (C=O) groups excluding carboxylic acids is 1. The minimum absolute atomic E-state index is 0.0302. The molecule has 9 nitrogen and oxygen atoms in total. The van der Waals surface area contributed by atoms with Gasteiger partial charge in [0, 0.05) is 49.0 Å². The number of methoxy groups -OCH3 is 1. The van der Waals surface area contributed by atoms with E-state index < -0.39 is 17.5 Å². The second-order valence-electron chi connectivity index (χ2n) is 9.65. The fourth-order valence-electron chi connectivity index (χ4n) is 4.53. The molecule has 3 aromatic carbocycles. The van der Waals surface area contributed by atoms with Crippen molar-refractivity contribution in [1.29, 1.82) is 0 Å². The third kappa shape index (κ3) is 7.92. The van der Waals surface area contributed by atoms with Gasteiger partial charge in [-0.15, -0.1) is 0 Å². The molecule has 43 heavy (non-hydrogen) atoms. The number of morpholine rings is 1. The van der Waals surface area contributed by atoms with E-state index in [1.54, 1.807) is 49.7 Å². The largest absolute Gasteiger partial charge is 0.493 e. The van der Waals surface area contributed by atoms with E-state index in [9.17, 15) is 9.18 Å². The summed E-state index contributed by atoms with van der Waals surface area (Å²) in [5.74, 6) is -0.262. The summed E-state index contributed by atoms with van der Waals surface area (Å²) in [6, 6.07) is 15.3. The molecule has 1 aromatic heterocycles. The van der Waals surface area contributed by atoms with Gasteiger partial charge in [-0.05, 0) is 48.1 Å². The molecule has 0 saturated carbocycles. The lowest BCUT2D eigenvalue weighted by atomic mass is 10.1. The number of nitrogens with zero attached hydrogens (tertiary/aromatic N) is 2. The van der Waals surface area contributed by atoms with Gasteiger partial charge in [-0.3, -0.25) is 14.7 Å². The Morgan fingerprint density at radius 1 is 1.00 bits per heavy atom. The number of carbonyl (C=O) groups is 1. The second-order valence-corrected chi connectivity index (χ2v) is 10.1. The lowest BCUT2D eigenvalue weighted by Gasteiger charge is -2.26.